The van der Waals surface area contributed by atoms with Gasteiger partial charge in [-0.2, -0.15) is 0 Å². The summed E-state index contributed by atoms with van der Waals surface area (Å²) in [6.45, 7) is 5.91. The summed E-state index contributed by atoms with van der Waals surface area (Å²) in [6.07, 6.45) is 0.825. The van der Waals surface area contributed by atoms with Crippen molar-refractivity contribution in [3.8, 4) is 10.4 Å². The van der Waals surface area contributed by atoms with Crippen LogP contribution in [-0.2, 0) is 6.42 Å². The van der Waals surface area contributed by atoms with Crippen molar-refractivity contribution in [1.82, 2.24) is 0 Å². The molecule has 0 saturated heterocycles. The fourth-order valence-corrected chi connectivity index (χ4v) is 3.37. The molecule has 0 radical (unpaired) electrons. The Bertz CT molecular complexity index is 584. The van der Waals surface area contributed by atoms with Gasteiger partial charge >= 0.3 is 0 Å². The minimum absolute atomic E-state index is 0.0224. The summed E-state index contributed by atoms with van der Waals surface area (Å²) in [5, 5.41) is 0.648. The van der Waals surface area contributed by atoms with Crippen molar-refractivity contribution < 1.29 is 4.79 Å². The molecule has 0 amide bonds. The highest BCUT2D eigenvalue weighted by Gasteiger charge is 2.23. The van der Waals surface area contributed by atoms with Crippen LogP contribution in [0.2, 0.25) is 0 Å². The number of carbonyl (C=O) groups excluding carboxylic acids is 1. The molecule has 2 rings (SSSR count). The molecule has 1 aromatic heterocycles. The molecular weight excluding hydrogens is 254 g/mol. The molecule has 0 aliphatic heterocycles. The number of nitrogen functional groups attached to an aromatic ring is 1. The van der Waals surface area contributed by atoms with E-state index in [0.29, 0.717) is 5.00 Å². The van der Waals surface area contributed by atoms with Gasteiger partial charge in [0.15, 0.2) is 5.78 Å². The lowest BCUT2D eigenvalue weighted by molar-refractivity contribution is 0.0940. The smallest absolute Gasteiger partial charge is 0.168 e. The van der Waals surface area contributed by atoms with Gasteiger partial charge in [-0.25, -0.2) is 0 Å². The quantitative estimate of drug-likeness (QED) is 0.839. The molecule has 100 valence electrons. The van der Waals surface area contributed by atoms with Crippen LogP contribution in [0.1, 0.15) is 36.7 Å². The summed E-state index contributed by atoms with van der Waals surface area (Å²) < 4.78 is 0. The third-order valence-electron chi connectivity index (χ3n) is 3.19. The molecule has 2 N–H and O–H groups in total. The van der Waals surface area contributed by atoms with Gasteiger partial charge < -0.3 is 5.73 Å². The predicted octanol–water partition coefficient (Wildman–Crippen LogP) is 4.40. The highest BCUT2D eigenvalue weighted by Crippen LogP contribution is 2.39. The molecule has 2 nitrogen and oxygen atoms in total. The number of rotatable bonds is 4. The van der Waals surface area contributed by atoms with E-state index in [4.69, 9.17) is 5.73 Å². The van der Waals surface area contributed by atoms with E-state index in [-0.39, 0.29) is 11.7 Å². The molecule has 1 heterocycles. The number of hydrogen-bond donors (Lipinski definition) is 1. The predicted molar refractivity (Wildman–Crippen MR) is 82.7 cm³/mol. The molecule has 0 fully saturated rings. The summed E-state index contributed by atoms with van der Waals surface area (Å²) in [5.74, 6) is 0.124. The van der Waals surface area contributed by atoms with Crippen LogP contribution >= 0.6 is 11.3 Å². The third kappa shape index (κ3) is 2.56. The van der Waals surface area contributed by atoms with Crippen LogP contribution < -0.4 is 5.73 Å². The molecule has 0 spiro atoms. The van der Waals surface area contributed by atoms with Crippen LogP contribution in [0.25, 0.3) is 10.4 Å². The average Bonchev–Trinajstić information content (AvgIpc) is 2.75. The van der Waals surface area contributed by atoms with E-state index in [2.05, 4.69) is 19.1 Å². The normalized spacial score (nSPS) is 10.9. The van der Waals surface area contributed by atoms with Gasteiger partial charge in [0.25, 0.3) is 0 Å². The molecule has 0 bridgehead atoms. The SMILES string of the molecule is CCc1c(-c2ccccc2)sc(N)c1C(=O)C(C)C. The first-order valence-corrected chi connectivity index (χ1v) is 7.38. The Morgan fingerprint density at radius 1 is 1.26 bits per heavy atom. The number of anilines is 1. The van der Waals surface area contributed by atoms with Gasteiger partial charge in [-0.05, 0) is 17.5 Å². The molecule has 3 heteroatoms. The standard InChI is InChI=1S/C16H19NOS/c1-4-12-13(14(18)10(2)3)16(17)19-15(12)11-8-6-5-7-9-11/h5-10H,4,17H2,1-3H3. The first-order chi connectivity index (χ1) is 9.06. The lowest BCUT2D eigenvalue weighted by Gasteiger charge is -2.07. The number of carbonyl (C=O) groups is 1. The highest BCUT2D eigenvalue weighted by atomic mass is 32.1. The molecule has 1 aromatic carbocycles. The number of benzene rings is 1. The zero-order valence-electron chi connectivity index (χ0n) is 11.6. The minimum Gasteiger partial charge on any atom is -0.390 e. The first kappa shape index (κ1) is 13.8. The van der Waals surface area contributed by atoms with E-state index >= 15 is 0 Å². The average molecular weight is 273 g/mol. The molecule has 0 unspecified atom stereocenters. The van der Waals surface area contributed by atoms with Gasteiger partial charge in [0.1, 0.15) is 0 Å². The number of ketones is 1. The summed E-state index contributed by atoms with van der Waals surface area (Å²) in [4.78, 5) is 13.4. The summed E-state index contributed by atoms with van der Waals surface area (Å²) in [7, 11) is 0. The topological polar surface area (TPSA) is 43.1 Å². The summed E-state index contributed by atoms with van der Waals surface area (Å²) in [5.41, 5.74) is 9.06. The van der Waals surface area contributed by atoms with Crippen molar-refractivity contribution >= 4 is 22.1 Å². The highest BCUT2D eigenvalue weighted by molar-refractivity contribution is 7.20. The van der Waals surface area contributed by atoms with Crippen LogP contribution in [-0.4, -0.2) is 5.78 Å². The number of nitrogens with two attached hydrogens (primary N) is 1. The Balaban J connectivity index is 2.60. The molecule has 19 heavy (non-hydrogen) atoms. The monoisotopic (exact) mass is 273 g/mol. The maximum atomic E-state index is 12.3. The zero-order chi connectivity index (χ0) is 14.0. The second kappa shape index (κ2) is 5.57. The second-order valence-corrected chi connectivity index (χ2v) is 5.94. The third-order valence-corrected chi connectivity index (χ3v) is 4.30. The van der Waals surface area contributed by atoms with Crippen LogP contribution in [0.15, 0.2) is 30.3 Å². The Morgan fingerprint density at radius 2 is 1.89 bits per heavy atom. The van der Waals surface area contributed by atoms with Crippen molar-refractivity contribution in [1.29, 1.82) is 0 Å². The van der Waals surface area contributed by atoms with Crippen LogP contribution in [0.5, 0.6) is 0 Å². The van der Waals surface area contributed by atoms with E-state index < -0.39 is 0 Å². The summed E-state index contributed by atoms with van der Waals surface area (Å²) >= 11 is 1.52. The van der Waals surface area contributed by atoms with Crippen LogP contribution in [0, 0.1) is 5.92 Å². The van der Waals surface area contributed by atoms with Crippen LogP contribution in [0.4, 0.5) is 5.00 Å². The molecule has 0 aliphatic carbocycles. The summed E-state index contributed by atoms with van der Waals surface area (Å²) in [6, 6.07) is 10.1. The maximum absolute atomic E-state index is 12.3. The van der Waals surface area contributed by atoms with Gasteiger partial charge in [-0.15, -0.1) is 11.3 Å². The molecule has 2 aromatic rings. The Hall–Kier alpha value is -1.61. The zero-order valence-corrected chi connectivity index (χ0v) is 12.4. The number of hydrogen-bond acceptors (Lipinski definition) is 3. The number of thiophene rings is 1. The van der Waals surface area contributed by atoms with Gasteiger partial charge in [-0.3, -0.25) is 4.79 Å². The maximum Gasteiger partial charge on any atom is 0.168 e. The van der Waals surface area contributed by atoms with E-state index in [0.717, 1.165) is 28.0 Å². The number of Topliss-reactive ketones (excluding diaryl/α,β-unsaturated/α-hetero) is 1. The van der Waals surface area contributed by atoms with E-state index in [1.165, 1.54) is 11.3 Å². The molecule has 0 aliphatic rings. The Kier molecular flexibility index (Phi) is 4.05. The fraction of sp³-hybridized carbons (Fsp3) is 0.312. The second-order valence-electron chi connectivity index (χ2n) is 4.89. The van der Waals surface area contributed by atoms with E-state index in [1.807, 2.05) is 32.0 Å². The Morgan fingerprint density at radius 3 is 2.42 bits per heavy atom. The lowest BCUT2D eigenvalue weighted by atomic mass is 9.95. The van der Waals surface area contributed by atoms with E-state index in [9.17, 15) is 4.79 Å². The van der Waals surface area contributed by atoms with Crippen molar-refractivity contribution in [3.63, 3.8) is 0 Å². The van der Waals surface area contributed by atoms with Gasteiger partial charge in [0.2, 0.25) is 0 Å². The largest absolute Gasteiger partial charge is 0.390 e. The van der Waals surface area contributed by atoms with Crippen LogP contribution in [0.3, 0.4) is 0 Å². The van der Waals surface area contributed by atoms with Crippen molar-refractivity contribution in [3.05, 3.63) is 41.5 Å². The molecule has 0 atom stereocenters. The van der Waals surface area contributed by atoms with Crippen molar-refractivity contribution in [2.24, 2.45) is 5.92 Å². The van der Waals surface area contributed by atoms with Crippen molar-refractivity contribution in [2.75, 3.05) is 5.73 Å². The lowest BCUT2D eigenvalue weighted by Crippen LogP contribution is -2.10. The minimum atomic E-state index is -0.0224. The Labute approximate surface area is 118 Å². The fourth-order valence-electron chi connectivity index (χ4n) is 2.20. The van der Waals surface area contributed by atoms with Gasteiger partial charge in [0.05, 0.1) is 10.6 Å². The van der Waals surface area contributed by atoms with E-state index in [1.54, 1.807) is 0 Å². The first-order valence-electron chi connectivity index (χ1n) is 6.57. The van der Waals surface area contributed by atoms with Gasteiger partial charge in [-0.1, -0.05) is 51.1 Å². The molecule has 0 saturated carbocycles. The molecular formula is C16H19NOS. The van der Waals surface area contributed by atoms with Crippen molar-refractivity contribution in [2.45, 2.75) is 27.2 Å². The van der Waals surface area contributed by atoms with Gasteiger partial charge in [0, 0.05) is 10.8 Å².